The summed E-state index contributed by atoms with van der Waals surface area (Å²) in [6, 6.07) is 0. The van der Waals surface area contributed by atoms with Crippen molar-refractivity contribution in [2.75, 3.05) is 13.1 Å². The van der Waals surface area contributed by atoms with Crippen LogP contribution in [0.4, 0.5) is 13.2 Å². The van der Waals surface area contributed by atoms with E-state index in [2.05, 4.69) is 4.98 Å². The number of alkyl halides is 3. The van der Waals surface area contributed by atoms with E-state index in [1.54, 1.807) is 32.3 Å². The molecule has 0 unspecified atom stereocenters. The zero-order chi connectivity index (χ0) is 16.4. The third-order valence-corrected chi connectivity index (χ3v) is 4.51. The van der Waals surface area contributed by atoms with Crippen LogP contribution in [-0.2, 0) is 16.6 Å². The number of aryl methyl sites for hydroxylation is 2. The third kappa shape index (κ3) is 4.70. The van der Waals surface area contributed by atoms with Gasteiger partial charge in [0.1, 0.15) is 12.4 Å². The number of nitrogens with zero attached hydrogens (tertiary/aromatic N) is 3. The molecule has 0 saturated carbocycles. The molecule has 1 rings (SSSR count). The highest BCUT2D eigenvalue weighted by Gasteiger charge is 2.38. The Kier molecular flexibility index (Phi) is 5.43. The summed E-state index contributed by atoms with van der Waals surface area (Å²) in [5.74, 6) is 0.226. The average Bonchev–Trinajstić information content (AvgIpc) is 2.67. The summed E-state index contributed by atoms with van der Waals surface area (Å²) in [6.07, 6.45) is -3.32. The SMILES string of the molecule is CCn1cc(S(=O)(=O)N(CC(C)C)CC(F)(F)F)nc1C. The zero-order valence-electron chi connectivity index (χ0n) is 12.5. The lowest BCUT2D eigenvalue weighted by Crippen LogP contribution is -2.41. The van der Waals surface area contributed by atoms with Gasteiger partial charge in [-0.25, -0.2) is 13.4 Å². The second-order valence-electron chi connectivity index (χ2n) is 5.22. The first-order chi connectivity index (χ1) is 9.47. The Balaban J connectivity index is 3.19. The second-order valence-corrected chi connectivity index (χ2v) is 7.10. The molecule has 0 N–H and O–H groups in total. The normalized spacial score (nSPS) is 13.4. The van der Waals surface area contributed by atoms with Crippen LogP contribution in [0.25, 0.3) is 0 Å². The number of sulfonamides is 1. The highest BCUT2D eigenvalue weighted by molar-refractivity contribution is 7.89. The molecule has 0 saturated heterocycles. The molecule has 0 aliphatic carbocycles. The van der Waals surface area contributed by atoms with Crippen molar-refractivity contribution >= 4 is 10.0 Å². The molecule has 0 aliphatic heterocycles. The molecule has 1 aromatic heterocycles. The van der Waals surface area contributed by atoms with E-state index in [9.17, 15) is 21.6 Å². The van der Waals surface area contributed by atoms with Crippen LogP contribution >= 0.6 is 0 Å². The molecule has 0 spiro atoms. The van der Waals surface area contributed by atoms with Gasteiger partial charge in [-0.1, -0.05) is 13.8 Å². The summed E-state index contributed by atoms with van der Waals surface area (Å²) < 4.78 is 64.6. The fraction of sp³-hybridized carbons (Fsp3) is 0.750. The molecule has 122 valence electrons. The summed E-state index contributed by atoms with van der Waals surface area (Å²) >= 11 is 0. The molecule has 0 radical (unpaired) electrons. The van der Waals surface area contributed by atoms with Gasteiger partial charge in [-0.3, -0.25) is 0 Å². The minimum Gasteiger partial charge on any atom is -0.334 e. The molecule has 0 atom stereocenters. The molecule has 21 heavy (non-hydrogen) atoms. The third-order valence-electron chi connectivity index (χ3n) is 2.82. The summed E-state index contributed by atoms with van der Waals surface area (Å²) in [5, 5.41) is -0.341. The van der Waals surface area contributed by atoms with Crippen molar-refractivity contribution in [2.45, 2.75) is 45.4 Å². The molecular formula is C12H20F3N3O2S. The number of rotatable bonds is 6. The van der Waals surface area contributed by atoms with Gasteiger partial charge < -0.3 is 4.57 Å². The number of imidazole rings is 1. The van der Waals surface area contributed by atoms with Crippen molar-refractivity contribution < 1.29 is 21.6 Å². The largest absolute Gasteiger partial charge is 0.402 e. The fourth-order valence-corrected chi connectivity index (χ4v) is 3.49. The van der Waals surface area contributed by atoms with E-state index in [-0.39, 0.29) is 17.5 Å². The topological polar surface area (TPSA) is 55.2 Å². The monoisotopic (exact) mass is 327 g/mol. The summed E-state index contributed by atoms with van der Waals surface area (Å²) in [5.41, 5.74) is 0. The van der Waals surface area contributed by atoms with E-state index >= 15 is 0 Å². The molecule has 0 aromatic carbocycles. The molecule has 9 heteroatoms. The maximum atomic E-state index is 12.6. The molecule has 5 nitrogen and oxygen atoms in total. The van der Waals surface area contributed by atoms with Crippen LogP contribution in [0.5, 0.6) is 0 Å². The van der Waals surface area contributed by atoms with Crippen LogP contribution < -0.4 is 0 Å². The Morgan fingerprint density at radius 2 is 1.95 bits per heavy atom. The Bertz CT molecular complexity index is 579. The summed E-state index contributed by atoms with van der Waals surface area (Å²) in [4.78, 5) is 3.88. The van der Waals surface area contributed by atoms with Gasteiger partial charge in [-0.15, -0.1) is 0 Å². The number of hydrogen-bond acceptors (Lipinski definition) is 3. The van der Waals surface area contributed by atoms with Gasteiger partial charge in [-0.2, -0.15) is 17.5 Å². The molecule has 0 fully saturated rings. The maximum Gasteiger partial charge on any atom is 0.402 e. The first-order valence-electron chi connectivity index (χ1n) is 6.58. The van der Waals surface area contributed by atoms with Gasteiger partial charge >= 0.3 is 6.18 Å². The minimum atomic E-state index is -4.59. The van der Waals surface area contributed by atoms with Crippen molar-refractivity contribution in [3.05, 3.63) is 12.0 Å². The fourth-order valence-electron chi connectivity index (χ4n) is 1.91. The van der Waals surface area contributed by atoms with E-state index in [0.29, 0.717) is 16.7 Å². The van der Waals surface area contributed by atoms with Crippen LogP contribution in [0.3, 0.4) is 0 Å². The van der Waals surface area contributed by atoms with Gasteiger partial charge in [0.25, 0.3) is 10.0 Å². The highest BCUT2D eigenvalue weighted by atomic mass is 32.2. The first kappa shape index (κ1) is 18.0. The van der Waals surface area contributed by atoms with Crippen molar-refractivity contribution in [3.8, 4) is 0 Å². The number of hydrogen-bond donors (Lipinski definition) is 0. The van der Waals surface area contributed by atoms with Gasteiger partial charge in [0.05, 0.1) is 0 Å². The van der Waals surface area contributed by atoms with E-state index < -0.39 is 22.7 Å². The van der Waals surface area contributed by atoms with E-state index in [1.807, 2.05) is 0 Å². The lowest BCUT2D eigenvalue weighted by Gasteiger charge is -2.23. The zero-order valence-corrected chi connectivity index (χ0v) is 13.3. The number of halogens is 3. The van der Waals surface area contributed by atoms with Crippen molar-refractivity contribution in [1.82, 2.24) is 13.9 Å². The van der Waals surface area contributed by atoms with E-state index in [1.165, 1.54) is 6.20 Å². The smallest absolute Gasteiger partial charge is 0.334 e. The highest BCUT2D eigenvalue weighted by Crippen LogP contribution is 2.23. The molecule has 1 aromatic rings. The van der Waals surface area contributed by atoms with Crippen molar-refractivity contribution in [1.29, 1.82) is 0 Å². The van der Waals surface area contributed by atoms with Crippen LogP contribution in [0.1, 0.15) is 26.6 Å². The van der Waals surface area contributed by atoms with E-state index in [4.69, 9.17) is 0 Å². The Morgan fingerprint density at radius 3 is 2.33 bits per heavy atom. The molecule has 0 amide bonds. The van der Waals surface area contributed by atoms with Crippen LogP contribution in [-0.4, -0.2) is 41.5 Å². The van der Waals surface area contributed by atoms with Gasteiger partial charge in [0, 0.05) is 19.3 Å². The standard InChI is InChI=1S/C12H20F3N3O2S/c1-5-17-7-11(16-10(17)4)21(19,20)18(6-9(2)3)8-12(13,14)15/h7,9H,5-6,8H2,1-4H3. The lowest BCUT2D eigenvalue weighted by atomic mass is 10.2. The minimum absolute atomic E-state index is 0.208. The molecule has 0 bridgehead atoms. The van der Waals surface area contributed by atoms with Crippen LogP contribution in [0.2, 0.25) is 0 Å². The summed E-state index contributed by atoms with van der Waals surface area (Å²) in [6.45, 7) is 5.51. The van der Waals surface area contributed by atoms with Gasteiger partial charge in [-0.05, 0) is 19.8 Å². The quantitative estimate of drug-likeness (QED) is 0.806. The molecule has 1 heterocycles. The predicted octanol–water partition coefficient (Wildman–Crippen LogP) is 2.42. The van der Waals surface area contributed by atoms with Gasteiger partial charge in [0.15, 0.2) is 5.03 Å². The van der Waals surface area contributed by atoms with Crippen molar-refractivity contribution in [2.24, 2.45) is 5.92 Å². The number of aromatic nitrogens is 2. The Labute approximate surface area is 122 Å². The lowest BCUT2D eigenvalue weighted by molar-refractivity contribution is -0.136. The second kappa shape index (κ2) is 6.35. The Morgan fingerprint density at radius 1 is 1.38 bits per heavy atom. The average molecular weight is 327 g/mol. The first-order valence-corrected chi connectivity index (χ1v) is 8.02. The van der Waals surface area contributed by atoms with E-state index in [0.717, 1.165) is 0 Å². The van der Waals surface area contributed by atoms with Crippen LogP contribution in [0, 0.1) is 12.8 Å². The van der Waals surface area contributed by atoms with Crippen LogP contribution in [0.15, 0.2) is 11.2 Å². The molecule has 0 aliphatic rings. The summed E-state index contributed by atoms with van der Waals surface area (Å²) in [7, 11) is -4.26. The van der Waals surface area contributed by atoms with Gasteiger partial charge in [0.2, 0.25) is 0 Å². The Hall–Kier alpha value is -1.09. The maximum absolute atomic E-state index is 12.6. The predicted molar refractivity (Wildman–Crippen MR) is 72.3 cm³/mol. The molecular weight excluding hydrogens is 307 g/mol. The van der Waals surface area contributed by atoms with Crippen molar-refractivity contribution in [3.63, 3.8) is 0 Å².